The lowest BCUT2D eigenvalue weighted by Gasteiger charge is -2.11. The Morgan fingerprint density at radius 2 is 2.04 bits per heavy atom. The molecule has 0 spiro atoms. The minimum absolute atomic E-state index is 0.0296. The molecule has 6 heteroatoms. The van der Waals surface area contributed by atoms with Gasteiger partial charge in [-0.2, -0.15) is 5.26 Å². The molecule has 26 heavy (non-hydrogen) atoms. The van der Waals surface area contributed by atoms with Crippen LogP contribution in [0, 0.1) is 11.3 Å². The van der Waals surface area contributed by atoms with Gasteiger partial charge in [0.2, 0.25) is 0 Å². The molecule has 3 aromatic rings. The van der Waals surface area contributed by atoms with Crippen LogP contribution in [0.4, 0.5) is 0 Å². The lowest BCUT2D eigenvalue weighted by Crippen LogP contribution is -2.06. The number of aromatic nitrogens is 2. The summed E-state index contributed by atoms with van der Waals surface area (Å²) in [6.45, 7) is 3.90. The van der Waals surface area contributed by atoms with Crippen molar-refractivity contribution in [3.05, 3.63) is 47.5 Å². The fourth-order valence-corrected chi connectivity index (χ4v) is 5.32. The Bertz CT molecular complexity index is 1010. The van der Waals surface area contributed by atoms with E-state index in [4.69, 9.17) is 4.74 Å². The molecule has 1 aliphatic heterocycles. The molecule has 4 nitrogen and oxygen atoms in total. The standard InChI is InChI=1S/C20H18N3OPS/c1-12(2)24-17-7-6-13(10-14(17)11-21)19-22-23-20(26-19)16-4-3-5-18-15(16)8-9-25-18/h3-7,10,12,25H,8-9H2,1-2H3. The number of rotatable bonds is 4. The van der Waals surface area contributed by atoms with Crippen LogP contribution in [-0.4, -0.2) is 22.5 Å². The second-order valence-electron chi connectivity index (χ2n) is 6.41. The van der Waals surface area contributed by atoms with Gasteiger partial charge in [-0.25, -0.2) is 0 Å². The zero-order valence-electron chi connectivity index (χ0n) is 14.6. The Morgan fingerprint density at radius 1 is 1.19 bits per heavy atom. The highest BCUT2D eigenvalue weighted by molar-refractivity contribution is 7.47. The molecule has 0 saturated heterocycles. The molecule has 0 fully saturated rings. The first-order chi connectivity index (χ1) is 12.7. The van der Waals surface area contributed by atoms with Gasteiger partial charge in [0.1, 0.15) is 21.8 Å². The van der Waals surface area contributed by atoms with Crippen molar-refractivity contribution in [2.45, 2.75) is 26.4 Å². The van der Waals surface area contributed by atoms with Crippen molar-refractivity contribution in [1.29, 1.82) is 5.26 Å². The maximum Gasteiger partial charge on any atom is 0.148 e. The molecule has 1 atom stereocenters. The molecule has 0 amide bonds. The number of ether oxygens (including phenoxy) is 1. The van der Waals surface area contributed by atoms with Gasteiger partial charge in [0, 0.05) is 11.1 Å². The number of benzene rings is 2. The molecule has 4 rings (SSSR count). The summed E-state index contributed by atoms with van der Waals surface area (Å²) in [5.74, 6) is 0.609. The van der Waals surface area contributed by atoms with E-state index in [1.54, 1.807) is 11.3 Å². The second-order valence-corrected chi connectivity index (χ2v) is 8.78. The van der Waals surface area contributed by atoms with E-state index in [2.05, 4.69) is 34.5 Å². The summed E-state index contributed by atoms with van der Waals surface area (Å²) >= 11 is 1.57. The third-order valence-electron chi connectivity index (χ3n) is 4.23. The zero-order chi connectivity index (χ0) is 18.1. The average Bonchev–Trinajstić information content (AvgIpc) is 3.30. The molecule has 130 valence electrons. The Kier molecular flexibility index (Phi) is 4.72. The maximum atomic E-state index is 9.43. The third kappa shape index (κ3) is 3.23. The normalized spacial score (nSPS) is 13.8. The van der Waals surface area contributed by atoms with Gasteiger partial charge in [0.15, 0.2) is 0 Å². The van der Waals surface area contributed by atoms with Crippen molar-refractivity contribution in [3.63, 3.8) is 0 Å². The van der Waals surface area contributed by atoms with E-state index >= 15 is 0 Å². The van der Waals surface area contributed by atoms with Crippen LogP contribution >= 0.6 is 19.9 Å². The maximum absolute atomic E-state index is 9.43. The van der Waals surface area contributed by atoms with Crippen LogP contribution in [0.25, 0.3) is 21.1 Å². The average molecular weight is 379 g/mol. The van der Waals surface area contributed by atoms with Crippen LogP contribution in [0.3, 0.4) is 0 Å². The summed E-state index contributed by atoms with van der Waals surface area (Å²) in [4.78, 5) is 0. The van der Waals surface area contributed by atoms with E-state index in [1.807, 2.05) is 32.0 Å². The Morgan fingerprint density at radius 3 is 2.85 bits per heavy atom. The van der Waals surface area contributed by atoms with Gasteiger partial charge in [-0.1, -0.05) is 38.1 Å². The first-order valence-electron chi connectivity index (χ1n) is 8.56. The monoisotopic (exact) mass is 379 g/mol. The quantitative estimate of drug-likeness (QED) is 0.631. The fourth-order valence-electron chi connectivity index (χ4n) is 3.10. The van der Waals surface area contributed by atoms with E-state index < -0.39 is 0 Å². The van der Waals surface area contributed by atoms with Crippen molar-refractivity contribution >= 4 is 25.2 Å². The van der Waals surface area contributed by atoms with Gasteiger partial charge >= 0.3 is 0 Å². The number of nitriles is 1. The van der Waals surface area contributed by atoms with E-state index in [0.29, 0.717) is 11.3 Å². The summed E-state index contributed by atoms with van der Waals surface area (Å²) in [7, 11) is 0.901. The van der Waals surface area contributed by atoms with Crippen molar-refractivity contribution < 1.29 is 4.74 Å². The summed E-state index contributed by atoms with van der Waals surface area (Å²) < 4.78 is 5.70. The van der Waals surface area contributed by atoms with Gasteiger partial charge in [0.25, 0.3) is 0 Å². The van der Waals surface area contributed by atoms with Gasteiger partial charge in [-0.3, -0.25) is 0 Å². The highest BCUT2D eigenvalue weighted by Crippen LogP contribution is 2.36. The largest absolute Gasteiger partial charge is 0.490 e. The van der Waals surface area contributed by atoms with Gasteiger partial charge in [0.05, 0.1) is 11.7 Å². The van der Waals surface area contributed by atoms with Crippen molar-refractivity contribution in [3.8, 4) is 33.0 Å². The SMILES string of the molecule is CC(C)Oc1ccc(-c2nnc(-c3cccc4c3CCP4)s2)cc1C#N. The van der Waals surface area contributed by atoms with Crippen molar-refractivity contribution in [2.24, 2.45) is 0 Å². The predicted octanol–water partition coefficient (Wildman–Crippen LogP) is 4.39. The molecule has 0 aliphatic carbocycles. The Balaban J connectivity index is 1.69. The van der Waals surface area contributed by atoms with Crippen LogP contribution in [-0.2, 0) is 6.42 Å². The molecular weight excluding hydrogens is 361 g/mol. The number of hydrogen-bond acceptors (Lipinski definition) is 5. The van der Waals surface area contributed by atoms with Crippen LogP contribution in [0.15, 0.2) is 36.4 Å². The topological polar surface area (TPSA) is 58.8 Å². The van der Waals surface area contributed by atoms with Crippen LogP contribution in [0.5, 0.6) is 5.75 Å². The molecule has 2 aromatic carbocycles. The van der Waals surface area contributed by atoms with E-state index in [1.165, 1.54) is 22.6 Å². The minimum atomic E-state index is 0.0296. The molecule has 1 aliphatic rings. The summed E-state index contributed by atoms with van der Waals surface area (Å²) in [6.07, 6.45) is 2.39. The van der Waals surface area contributed by atoms with Crippen LogP contribution < -0.4 is 10.0 Å². The molecule has 0 bridgehead atoms. The lowest BCUT2D eigenvalue weighted by molar-refractivity contribution is 0.242. The van der Waals surface area contributed by atoms with E-state index in [0.717, 1.165) is 30.6 Å². The highest BCUT2D eigenvalue weighted by atomic mass is 32.1. The molecular formula is C20H18N3OPS. The molecule has 0 N–H and O–H groups in total. The molecule has 1 unspecified atom stereocenters. The predicted molar refractivity (Wildman–Crippen MR) is 108 cm³/mol. The first-order valence-corrected chi connectivity index (χ1v) is 10.6. The van der Waals surface area contributed by atoms with Gasteiger partial charge < -0.3 is 4.74 Å². The summed E-state index contributed by atoms with van der Waals surface area (Å²) in [5, 5.41) is 21.5. The number of fused-ring (bicyclic) bond motifs is 1. The van der Waals surface area contributed by atoms with Crippen LogP contribution in [0.2, 0.25) is 0 Å². The lowest BCUT2D eigenvalue weighted by atomic mass is 10.1. The summed E-state index contributed by atoms with van der Waals surface area (Å²) in [6, 6.07) is 14.3. The number of nitrogens with zero attached hydrogens (tertiary/aromatic N) is 3. The molecule has 2 heterocycles. The highest BCUT2D eigenvalue weighted by Gasteiger charge is 2.19. The molecule has 1 aromatic heterocycles. The Labute approximate surface area is 158 Å². The van der Waals surface area contributed by atoms with E-state index in [-0.39, 0.29) is 6.10 Å². The minimum Gasteiger partial charge on any atom is -0.490 e. The summed E-state index contributed by atoms with van der Waals surface area (Å²) in [5.41, 5.74) is 4.05. The van der Waals surface area contributed by atoms with Crippen LogP contribution in [0.1, 0.15) is 25.0 Å². The smallest absolute Gasteiger partial charge is 0.148 e. The Hall–Kier alpha value is -2.28. The molecule has 0 radical (unpaired) electrons. The fraction of sp³-hybridized carbons (Fsp3) is 0.250. The first kappa shape index (κ1) is 17.1. The number of hydrogen-bond donors (Lipinski definition) is 0. The van der Waals surface area contributed by atoms with Gasteiger partial charge in [-0.05, 0) is 55.5 Å². The molecule has 0 saturated carbocycles. The zero-order valence-corrected chi connectivity index (χ0v) is 16.4. The van der Waals surface area contributed by atoms with Gasteiger partial charge in [-0.15, -0.1) is 10.2 Å². The van der Waals surface area contributed by atoms with Crippen molar-refractivity contribution in [1.82, 2.24) is 10.2 Å². The second kappa shape index (κ2) is 7.15. The van der Waals surface area contributed by atoms with Crippen molar-refractivity contribution in [2.75, 3.05) is 6.16 Å². The van der Waals surface area contributed by atoms with E-state index in [9.17, 15) is 5.26 Å². The third-order valence-corrected chi connectivity index (χ3v) is 6.59.